The van der Waals surface area contributed by atoms with Gasteiger partial charge >= 0.3 is 0 Å². The quantitative estimate of drug-likeness (QED) is 0.501. The van der Waals surface area contributed by atoms with E-state index in [1.54, 1.807) is 11.9 Å². The summed E-state index contributed by atoms with van der Waals surface area (Å²) in [4.78, 5) is 22.5. The van der Waals surface area contributed by atoms with Crippen LogP contribution in [0.25, 0.3) is 0 Å². The van der Waals surface area contributed by atoms with Gasteiger partial charge in [-0.3, -0.25) is 9.59 Å². The molecule has 1 aliphatic rings. The minimum atomic E-state index is -0.275. The van der Waals surface area contributed by atoms with Gasteiger partial charge in [0.25, 0.3) is 0 Å². The molecule has 1 N–H and O–H groups in total. The van der Waals surface area contributed by atoms with Gasteiger partial charge in [0.2, 0.25) is 12.3 Å². The standard InChI is InChI=1S/C6H10N2O2/c1-8-3-2-5(6(8)10)7-4-9/h4-5H,2-3H2,1H3,(H,7,9). The monoisotopic (exact) mass is 142 g/mol. The van der Waals surface area contributed by atoms with Crippen molar-refractivity contribution in [2.24, 2.45) is 0 Å². The molecule has 1 fully saturated rings. The third kappa shape index (κ3) is 1.10. The van der Waals surface area contributed by atoms with Gasteiger partial charge in [-0.25, -0.2) is 0 Å². The number of hydrogen-bond acceptors (Lipinski definition) is 2. The predicted molar refractivity (Wildman–Crippen MR) is 35.2 cm³/mol. The fourth-order valence-corrected chi connectivity index (χ4v) is 1.06. The average Bonchev–Trinajstić information content (AvgIpc) is 2.20. The molecule has 0 saturated carbocycles. The fraction of sp³-hybridized carbons (Fsp3) is 0.667. The number of nitrogens with zero attached hydrogens (tertiary/aromatic N) is 1. The van der Waals surface area contributed by atoms with Crippen LogP contribution in [0.2, 0.25) is 0 Å². The van der Waals surface area contributed by atoms with E-state index in [0.29, 0.717) is 6.41 Å². The molecule has 0 aromatic carbocycles. The Balaban J connectivity index is 2.48. The highest BCUT2D eigenvalue weighted by atomic mass is 16.2. The van der Waals surface area contributed by atoms with Crippen LogP contribution in [0.1, 0.15) is 6.42 Å². The molecule has 0 spiro atoms. The minimum absolute atomic E-state index is 0.00657. The Morgan fingerprint density at radius 1 is 1.80 bits per heavy atom. The number of amides is 2. The third-order valence-electron chi connectivity index (χ3n) is 1.70. The number of hydrogen-bond donors (Lipinski definition) is 1. The second-order valence-corrected chi connectivity index (χ2v) is 2.39. The van der Waals surface area contributed by atoms with Crippen molar-refractivity contribution in [2.75, 3.05) is 13.6 Å². The Morgan fingerprint density at radius 3 is 2.90 bits per heavy atom. The van der Waals surface area contributed by atoms with Gasteiger partial charge in [-0.2, -0.15) is 0 Å². The van der Waals surface area contributed by atoms with Crippen molar-refractivity contribution in [3.63, 3.8) is 0 Å². The van der Waals surface area contributed by atoms with Crippen molar-refractivity contribution in [1.82, 2.24) is 10.2 Å². The zero-order valence-corrected chi connectivity index (χ0v) is 5.83. The molecule has 2 amide bonds. The lowest BCUT2D eigenvalue weighted by molar-refractivity contribution is -0.129. The van der Waals surface area contributed by atoms with Crippen molar-refractivity contribution >= 4 is 12.3 Å². The Bertz CT molecular complexity index is 158. The van der Waals surface area contributed by atoms with Gasteiger partial charge in [-0.1, -0.05) is 0 Å². The van der Waals surface area contributed by atoms with Crippen LogP contribution in [0.5, 0.6) is 0 Å². The summed E-state index contributed by atoms with van der Waals surface area (Å²) in [6.45, 7) is 0.740. The first kappa shape index (κ1) is 7.05. The molecule has 56 valence electrons. The van der Waals surface area contributed by atoms with Gasteiger partial charge in [-0.15, -0.1) is 0 Å². The van der Waals surface area contributed by atoms with Gasteiger partial charge in [-0.05, 0) is 6.42 Å². The maximum Gasteiger partial charge on any atom is 0.244 e. The van der Waals surface area contributed by atoms with E-state index in [1.807, 2.05) is 0 Å². The van der Waals surface area contributed by atoms with Crippen LogP contribution in [0.3, 0.4) is 0 Å². The van der Waals surface area contributed by atoms with Crippen molar-refractivity contribution in [1.29, 1.82) is 0 Å². The summed E-state index contributed by atoms with van der Waals surface area (Å²) in [5, 5.41) is 2.45. The SMILES string of the molecule is CN1CCC(NC=O)C1=O. The molecule has 1 saturated heterocycles. The van der Waals surface area contributed by atoms with Crippen LogP contribution >= 0.6 is 0 Å². The van der Waals surface area contributed by atoms with E-state index < -0.39 is 0 Å². The van der Waals surface area contributed by atoms with Gasteiger partial charge in [0.05, 0.1) is 0 Å². The molecule has 0 bridgehead atoms. The Hall–Kier alpha value is -1.06. The zero-order valence-electron chi connectivity index (χ0n) is 5.83. The summed E-state index contributed by atoms with van der Waals surface area (Å²) < 4.78 is 0. The molecule has 4 heteroatoms. The van der Waals surface area contributed by atoms with E-state index in [0.717, 1.165) is 13.0 Å². The number of likely N-dealkylation sites (N-methyl/N-ethyl adjacent to an activating group) is 1. The fourth-order valence-electron chi connectivity index (χ4n) is 1.06. The van der Waals surface area contributed by atoms with E-state index in [2.05, 4.69) is 5.32 Å². The molecule has 4 nitrogen and oxygen atoms in total. The van der Waals surface area contributed by atoms with Crippen molar-refractivity contribution in [3.8, 4) is 0 Å². The van der Waals surface area contributed by atoms with Crippen molar-refractivity contribution < 1.29 is 9.59 Å². The first-order chi connectivity index (χ1) is 4.75. The maximum atomic E-state index is 11.0. The van der Waals surface area contributed by atoms with Crippen LogP contribution in [-0.2, 0) is 9.59 Å². The molecular weight excluding hydrogens is 132 g/mol. The van der Waals surface area contributed by atoms with Gasteiger partial charge in [0.1, 0.15) is 6.04 Å². The molecule has 1 rings (SSSR count). The molecule has 1 unspecified atom stereocenters. The second-order valence-electron chi connectivity index (χ2n) is 2.39. The smallest absolute Gasteiger partial charge is 0.244 e. The molecule has 0 radical (unpaired) electrons. The normalized spacial score (nSPS) is 25.1. The number of likely N-dealkylation sites (tertiary alicyclic amines) is 1. The predicted octanol–water partition coefficient (Wildman–Crippen LogP) is -1.04. The zero-order chi connectivity index (χ0) is 7.56. The van der Waals surface area contributed by atoms with E-state index in [4.69, 9.17) is 0 Å². The summed E-state index contributed by atoms with van der Waals surface area (Å²) in [5.74, 6) is 0.00657. The Labute approximate surface area is 59.2 Å². The molecule has 0 aliphatic carbocycles. The van der Waals surface area contributed by atoms with Crippen LogP contribution in [-0.4, -0.2) is 36.9 Å². The lowest BCUT2D eigenvalue weighted by atomic mass is 10.3. The number of carbonyl (C=O) groups is 2. The third-order valence-corrected chi connectivity index (χ3v) is 1.70. The van der Waals surface area contributed by atoms with E-state index >= 15 is 0 Å². The molecular formula is C6H10N2O2. The van der Waals surface area contributed by atoms with Gasteiger partial charge < -0.3 is 10.2 Å². The lowest BCUT2D eigenvalue weighted by Crippen LogP contribution is -2.35. The topological polar surface area (TPSA) is 49.4 Å². The van der Waals surface area contributed by atoms with Crippen LogP contribution in [0.4, 0.5) is 0 Å². The van der Waals surface area contributed by atoms with Gasteiger partial charge in [0.15, 0.2) is 0 Å². The lowest BCUT2D eigenvalue weighted by Gasteiger charge is -2.07. The Morgan fingerprint density at radius 2 is 2.50 bits per heavy atom. The summed E-state index contributed by atoms with van der Waals surface area (Å²) in [6, 6.07) is -0.275. The van der Waals surface area contributed by atoms with E-state index in [1.165, 1.54) is 0 Å². The Kier molecular flexibility index (Phi) is 1.89. The molecule has 1 atom stereocenters. The van der Waals surface area contributed by atoms with Crippen LogP contribution in [0, 0.1) is 0 Å². The number of carbonyl (C=O) groups excluding carboxylic acids is 2. The van der Waals surface area contributed by atoms with Gasteiger partial charge in [0, 0.05) is 13.6 Å². The highest BCUT2D eigenvalue weighted by Gasteiger charge is 2.27. The molecule has 10 heavy (non-hydrogen) atoms. The highest BCUT2D eigenvalue weighted by molar-refractivity contribution is 5.85. The highest BCUT2D eigenvalue weighted by Crippen LogP contribution is 2.06. The summed E-state index contributed by atoms with van der Waals surface area (Å²) >= 11 is 0. The summed E-state index contributed by atoms with van der Waals surface area (Å²) in [5.41, 5.74) is 0. The average molecular weight is 142 g/mol. The molecule has 0 aromatic rings. The van der Waals surface area contributed by atoms with Crippen molar-refractivity contribution in [3.05, 3.63) is 0 Å². The van der Waals surface area contributed by atoms with Crippen LogP contribution < -0.4 is 5.32 Å². The summed E-state index contributed by atoms with van der Waals surface area (Å²) in [6.07, 6.45) is 1.30. The summed E-state index contributed by atoms with van der Waals surface area (Å²) in [7, 11) is 1.73. The maximum absolute atomic E-state index is 11.0. The minimum Gasteiger partial charge on any atom is -0.347 e. The first-order valence-electron chi connectivity index (χ1n) is 3.20. The van der Waals surface area contributed by atoms with E-state index in [-0.39, 0.29) is 11.9 Å². The number of nitrogens with one attached hydrogen (secondary N) is 1. The number of rotatable bonds is 2. The second kappa shape index (κ2) is 2.68. The van der Waals surface area contributed by atoms with Crippen LogP contribution in [0.15, 0.2) is 0 Å². The molecule has 1 heterocycles. The largest absolute Gasteiger partial charge is 0.347 e. The molecule has 1 aliphatic heterocycles. The molecule has 0 aromatic heterocycles. The first-order valence-corrected chi connectivity index (χ1v) is 3.20. The van der Waals surface area contributed by atoms with Crippen molar-refractivity contribution in [2.45, 2.75) is 12.5 Å². The van der Waals surface area contributed by atoms with E-state index in [9.17, 15) is 9.59 Å².